The Bertz CT molecular complexity index is 761. The first-order valence-corrected chi connectivity index (χ1v) is 7.18. The minimum absolute atomic E-state index is 0.211. The molecule has 0 atom stereocenters. The molecular weight excluding hydrogens is 280 g/mol. The topological polar surface area (TPSA) is 66.0 Å². The molecule has 2 heterocycles. The average Bonchev–Trinajstić information content (AvgIpc) is 3.14. The van der Waals surface area contributed by atoms with Crippen molar-refractivity contribution in [2.24, 2.45) is 7.05 Å². The van der Waals surface area contributed by atoms with Crippen LogP contribution in [0, 0.1) is 0 Å². The van der Waals surface area contributed by atoms with Gasteiger partial charge in [-0.25, -0.2) is 0 Å². The van der Waals surface area contributed by atoms with Crippen LogP contribution in [0.3, 0.4) is 0 Å². The maximum absolute atomic E-state index is 5.87. The van der Waals surface area contributed by atoms with Gasteiger partial charge in [-0.15, -0.1) is 0 Å². The number of hydrogen-bond donors (Lipinski definition) is 0. The minimum atomic E-state index is 0.211. The van der Waals surface area contributed by atoms with Crippen LogP contribution in [0.15, 0.2) is 41.1 Å². The molecule has 0 fully saturated rings. The number of aromatic nitrogens is 4. The molecule has 0 aliphatic carbocycles. The highest BCUT2D eigenvalue weighted by Crippen LogP contribution is 2.29. The van der Waals surface area contributed by atoms with E-state index in [2.05, 4.69) is 15.2 Å². The van der Waals surface area contributed by atoms with Gasteiger partial charge in [0.25, 0.3) is 0 Å². The average molecular weight is 298 g/mol. The van der Waals surface area contributed by atoms with Crippen LogP contribution in [-0.4, -0.2) is 19.9 Å². The zero-order valence-electron chi connectivity index (χ0n) is 12.9. The molecule has 0 aliphatic heterocycles. The second-order valence-electron chi connectivity index (χ2n) is 5.33. The Kier molecular flexibility index (Phi) is 3.91. The van der Waals surface area contributed by atoms with Gasteiger partial charge in [-0.3, -0.25) is 4.68 Å². The molecule has 1 aromatic carbocycles. The highest BCUT2D eigenvalue weighted by Gasteiger charge is 2.13. The van der Waals surface area contributed by atoms with Crippen LogP contribution in [0.5, 0.6) is 5.75 Å². The maximum Gasteiger partial charge on any atom is 0.229 e. The standard InChI is InChI=1S/C16H18N4O2/c1-11(2)16-18-15(19-22-16)10-21-14-7-5-4-6-12(14)13-8-9-17-20(13)3/h4-9,11H,10H2,1-3H3. The van der Waals surface area contributed by atoms with Crippen molar-refractivity contribution in [3.05, 3.63) is 48.2 Å². The quantitative estimate of drug-likeness (QED) is 0.723. The number of benzene rings is 1. The van der Waals surface area contributed by atoms with E-state index in [9.17, 15) is 0 Å². The number of hydrogen-bond acceptors (Lipinski definition) is 5. The Hall–Kier alpha value is -2.63. The van der Waals surface area contributed by atoms with E-state index in [4.69, 9.17) is 9.26 Å². The van der Waals surface area contributed by atoms with Gasteiger partial charge in [-0.2, -0.15) is 10.1 Å². The number of nitrogens with zero attached hydrogens (tertiary/aromatic N) is 4. The minimum Gasteiger partial charge on any atom is -0.485 e. The van der Waals surface area contributed by atoms with E-state index < -0.39 is 0 Å². The molecule has 2 aromatic heterocycles. The molecule has 0 unspecified atom stereocenters. The second kappa shape index (κ2) is 6.01. The summed E-state index contributed by atoms with van der Waals surface area (Å²) in [6.45, 7) is 4.29. The summed E-state index contributed by atoms with van der Waals surface area (Å²) in [7, 11) is 1.90. The van der Waals surface area contributed by atoms with Gasteiger partial charge in [0.2, 0.25) is 11.7 Å². The largest absolute Gasteiger partial charge is 0.485 e. The predicted molar refractivity (Wildman–Crippen MR) is 81.4 cm³/mol. The van der Waals surface area contributed by atoms with Crippen molar-refractivity contribution in [2.45, 2.75) is 26.4 Å². The van der Waals surface area contributed by atoms with Crippen molar-refractivity contribution in [2.75, 3.05) is 0 Å². The molecule has 22 heavy (non-hydrogen) atoms. The summed E-state index contributed by atoms with van der Waals surface area (Å²) in [6, 6.07) is 9.78. The summed E-state index contributed by atoms with van der Waals surface area (Å²) in [5.74, 6) is 2.15. The highest BCUT2D eigenvalue weighted by atomic mass is 16.5. The van der Waals surface area contributed by atoms with Crippen LogP contribution >= 0.6 is 0 Å². The Balaban J connectivity index is 1.79. The molecule has 6 nitrogen and oxygen atoms in total. The molecule has 0 saturated carbocycles. The van der Waals surface area contributed by atoms with Crippen molar-refractivity contribution in [1.29, 1.82) is 0 Å². The van der Waals surface area contributed by atoms with Gasteiger partial charge in [0, 0.05) is 24.7 Å². The maximum atomic E-state index is 5.87. The summed E-state index contributed by atoms with van der Waals surface area (Å²) < 4.78 is 12.9. The summed E-state index contributed by atoms with van der Waals surface area (Å²) in [5, 5.41) is 8.13. The Morgan fingerprint density at radius 2 is 2.05 bits per heavy atom. The Morgan fingerprint density at radius 1 is 1.23 bits per heavy atom. The van der Waals surface area contributed by atoms with E-state index in [0.29, 0.717) is 11.7 Å². The molecule has 0 amide bonds. The summed E-state index contributed by atoms with van der Waals surface area (Å²) >= 11 is 0. The monoisotopic (exact) mass is 298 g/mol. The SMILES string of the molecule is CC(C)c1nc(COc2ccccc2-c2ccnn2C)no1. The van der Waals surface area contributed by atoms with Crippen molar-refractivity contribution < 1.29 is 9.26 Å². The first-order valence-electron chi connectivity index (χ1n) is 7.18. The molecule has 114 valence electrons. The molecule has 3 rings (SSSR count). The number of aryl methyl sites for hydroxylation is 1. The molecule has 3 aromatic rings. The number of rotatable bonds is 5. The second-order valence-corrected chi connectivity index (χ2v) is 5.33. The van der Waals surface area contributed by atoms with Crippen LogP contribution in [0.25, 0.3) is 11.3 Å². The van der Waals surface area contributed by atoms with Gasteiger partial charge in [-0.05, 0) is 18.2 Å². The third kappa shape index (κ3) is 2.86. The lowest BCUT2D eigenvalue weighted by atomic mass is 10.1. The smallest absolute Gasteiger partial charge is 0.229 e. The molecule has 0 bridgehead atoms. The lowest BCUT2D eigenvalue weighted by Gasteiger charge is -2.10. The highest BCUT2D eigenvalue weighted by molar-refractivity contribution is 5.67. The summed E-state index contributed by atoms with van der Waals surface area (Å²) in [6.07, 6.45) is 1.76. The molecular formula is C16H18N4O2. The van der Waals surface area contributed by atoms with E-state index in [1.54, 1.807) is 6.20 Å². The third-order valence-electron chi connectivity index (χ3n) is 3.32. The Labute approximate surface area is 128 Å². The van der Waals surface area contributed by atoms with Crippen LogP contribution in [0.2, 0.25) is 0 Å². The summed E-state index contributed by atoms with van der Waals surface area (Å²) in [4.78, 5) is 4.31. The van der Waals surface area contributed by atoms with Crippen molar-refractivity contribution >= 4 is 0 Å². The number of para-hydroxylation sites is 1. The first kappa shape index (κ1) is 14.3. The molecule has 0 saturated heterocycles. The molecule has 0 radical (unpaired) electrons. The third-order valence-corrected chi connectivity index (χ3v) is 3.32. The predicted octanol–water partition coefficient (Wildman–Crippen LogP) is 3.17. The van der Waals surface area contributed by atoms with E-state index in [1.807, 2.05) is 55.9 Å². The Morgan fingerprint density at radius 3 is 2.73 bits per heavy atom. The van der Waals surface area contributed by atoms with Crippen LogP contribution in [0.1, 0.15) is 31.5 Å². The van der Waals surface area contributed by atoms with Crippen LogP contribution in [0.4, 0.5) is 0 Å². The van der Waals surface area contributed by atoms with Crippen molar-refractivity contribution in [3.8, 4) is 17.0 Å². The van der Waals surface area contributed by atoms with Crippen molar-refractivity contribution in [3.63, 3.8) is 0 Å². The van der Waals surface area contributed by atoms with Crippen molar-refractivity contribution in [1.82, 2.24) is 19.9 Å². The van der Waals surface area contributed by atoms with Gasteiger partial charge in [0.05, 0.1) is 5.69 Å². The zero-order valence-corrected chi connectivity index (χ0v) is 12.9. The lowest BCUT2D eigenvalue weighted by molar-refractivity contribution is 0.285. The van der Waals surface area contributed by atoms with Gasteiger partial charge < -0.3 is 9.26 Å². The fourth-order valence-electron chi connectivity index (χ4n) is 2.15. The normalized spacial score (nSPS) is 11.1. The van der Waals surface area contributed by atoms with Crippen LogP contribution in [-0.2, 0) is 13.7 Å². The van der Waals surface area contributed by atoms with Gasteiger partial charge in [0.1, 0.15) is 5.75 Å². The van der Waals surface area contributed by atoms with Crippen LogP contribution < -0.4 is 4.74 Å². The van der Waals surface area contributed by atoms with Gasteiger partial charge in [-0.1, -0.05) is 31.1 Å². The van der Waals surface area contributed by atoms with E-state index in [-0.39, 0.29) is 12.5 Å². The van der Waals surface area contributed by atoms with E-state index >= 15 is 0 Å². The molecule has 6 heteroatoms. The lowest BCUT2D eigenvalue weighted by Crippen LogP contribution is -2.01. The van der Waals surface area contributed by atoms with E-state index in [1.165, 1.54) is 0 Å². The number of ether oxygens (including phenoxy) is 1. The zero-order chi connectivity index (χ0) is 15.5. The fourth-order valence-corrected chi connectivity index (χ4v) is 2.15. The van der Waals surface area contributed by atoms with E-state index in [0.717, 1.165) is 17.0 Å². The van der Waals surface area contributed by atoms with Gasteiger partial charge >= 0.3 is 0 Å². The molecule has 0 aliphatic rings. The first-order chi connectivity index (χ1) is 10.6. The molecule has 0 N–H and O–H groups in total. The van der Waals surface area contributed by atoms with Gasteiger partial charge in [0.15, 0.2) is 6.61 Å². The molecule has 0 spiro atoms. The summed E-state index contributed by atoms with van der Waals surface area (Å²) in [5.41, 5.74) is 1.97. The fraction of sp³-hybridized carbons (Fsp3) is 0.312.